The van der Waals surface area contributed by atoms with Gasteiger partial charge in [-0.25, -0.2) is 0 Å². The van der Waals surface area contributed by atoms with Crippen LogP contribution in [0.4, 0.5) is 43.4 Å². The number of hydrogen-bond donors (Lipinski definition) is 2. The summed E-state index contributed by atoms with van der Waals surface area (Å²) in [6.07, 6.45) is -6.60. The summed E-state index contributed by atoms with van der Waals surface area (Å²) in [5.41, 5.74) is -5.91. The second kappa shape index (κ2) is 8.18. The van der Waals surface area contributed by atoms with E-state index in [0.717, 1.165) is 19.3 Å². The number of nitrogens with one attached hydrogen (secondary N) is 2. The third-order valence-electron chi connectivity index (χ3n) is 5.49. The molecule has 5 nitrogen and oxygen atoms in total. The average Bonchev–Trinajstić information content (AvgIpc) is 2.69. The van der Waals surface area contributed by atoms with Crippen molar-refractivity contribution < 1.29 is 26.3 Å². The van der Waals surface area contributed by atoms with Crippen molar-refractivity contribution in [1.29, 1.82) is 0 Å². The lowest BCUT2D eigenvalue weighted by molar-refractivity contribution is -0.143. The summed E-state index contributed by atoms with van der Waals surface area (Å²) < 4.78 is 78.4. The molecule has 0 heterocycles. The van der Waals surface area contributed by atoms with Gasteiger partial charge in [0.25, 0.3) is 10.9 Å². The number of nitrogens with zero attached hydrogens (tertiary/aromatic N) is 1. The Balaban J connectivity index is 1.93. The third-order valence-corrected chi connectivity index (χ3v) is 5.49. The second-order valence-corrected chi connectivity index (χ2v) is 7.89. The predicted octanol–water partition coefficient (Wildman–Crippen LogP) is 4.35. The maximum absolute atomic E-state index is 13.1. The minimum Gasteiger partial charge on any atom is -0.376 e. The molecule has 2 aromatic carbocycles. The first kappa shape index (κ1) is 23.1. The monoisotopic (exact) mass is 449 g/mol. The second-order valence-electron chi connectivity index (χ2n) is 7.89. The van der Waals surface area contributed by atoms with E-state index in [1.165, 1.54) is 0 Å². The van der Waals surface area contributed by atoms with Crippen LogP contribution in [0, 0.1) is 0 Å². The van der Waals surface area contributed by atoms with Crippen molar-refractivity contribution in [3.8, 4) is 0 Å². The van der Waals surface area contributed by atoms with Gasteiger partial charge in [-0.3, -0.25) is 9.59 Å². The Bertz CT molecular complexity index is 989. The van der Waals surface area contributed by atoms with Crippen LogP contribution in [0.2, 0.25) is 0 Å². The zero-order valence-electron chi connectivity index (χ0n) is 16.7. The number of likely N-dealkylation sites (N-methyl/N-ethyl adjacent to an activating group) is 1. The van der Waals surface area contributed by atoms with Crippen LogP contribution in [0.25, 0.3) is 0 Å². The molecule has 1 unspecified atom stereocenters. The van der Waals surface area contributed by atoms with Crippen molar-refractivity contribution in [2.45, 2.75) is 50.1 Å². The summed E-state index contributed by atoms with van der Waals surface area (Å²) in [6.45, 7) is 0. The molecule has 2 N–H and O–H groups in total. The van der Waals surface area contributed by atoms with Crippen LogP contribution in [0.15, 0.2) is 27.8 Å². The van der Waals surface area contributed by atoms with E-state index < -0.39 is 40.0 Å². The van der Waals surface area contributed by atoms with E-state index in [9.17, 15) is 35.9 Å². The molecule has 1 aliphatic rings. The van der Waals surface area contributed by atoms with Crippen LogP contribution < -0.4 is 21.5 Å². The van der Waals surface area contributed by atoms with Gasteiger partial charge in [0.05, 0.1) is 11.1 Å². The van der Waals surface area contributed by atoms with Crippen LogP contribution in [0.5, 0.6) is 0 Å². The Hall–Kier alpha value is -2.56. The molecule has 0 aliphatic heterocycles. The Morgan fingerprint density at radius 1 is 0.839 bits per heavy atom. The lowest BCUT2D eigenvalue weighted by Gasteiger charge is -2.37. The van der Waals surface area contributed by atoms with Gasteiger partial charge < -0.3 is 15.5 Å². The summed E-state index contributed by atoms with van der Waals surface area (Å²) >= 11 is 0. The molecule has 31 heavy (non-hydrogen) atoms. The number of alkyl halides is 6. The van der Waals surface area contributed by atoms with Gasteiger partial charge in [-0.2, -0.15) is 26.3 Å². The van der Waals surface area contributed by atoms with E-state index in [1.807, 2.05) is 19.0 Å². The van der Waals surface area contributed by atoms with E-state index >= 15 is 0 Å². The molecule has 0 saturated heterocycles. The first-order chi connectivity index (χ1) is 14.3. The van der Waals surface area contributed by atoms with Crippen molar-refractivity contribution in [1.82, 2.24) is 4.90 Å². The molecule has 2 aromatic rings. The quantitative estimate of drug-likeness (QED) is 0.525. The molecule has 170 valence electrons. The number of anilines is 3. The maximum Gasteiger partial charge on any atom is 0.416 e. The molecule has 3 rings (SSSR count). The molecule has 0 amide bonds. The van der Waals surface area contributed by atoms with Gasteiger partial charge in [-0.15, -0.1) is 0 Å². The number of halogens is 6. The average molecular weight is 449 g/mol. The number of hydrogen-bond acceptors (Lipinski definition) is 5. The molecule has 11 heteroatoms. The molecule has 0 aromatic heterocycles. The first-order valence-electron chi connectivity index (χ1n) is 9.62. The van der Waals surface area contributed by atoms with Crippen molar-refractivity contribution in [2.75, 3.05) is 24.7 Å². The first-order valence-corrected chi connectivity index (χ1v) is 9.62. The summed E-state index contributed by atoms with van der Waals surface area (Å²) in [5.74, 6) is 0. The van der Waals surface area contributed by atoms with Gasteiger partial charge in [-0.1, -0.05) is 12.8 Å². The van der Waals surface area contributed by atoms with Crippen LogP contribution >= 0.6 is 0 Å². The lowest BCUT2D eigenvalue weighted by atomic mass is 9.89. The van der Waals surface area contributed by atoms with Gasteiger partial charge in [0.1, 0.15) is 11.4 Å². The zero-order chi connectivity index (χ0) is 23.1. The summed E-state index contributed by atoms with van der Waals surface area (Å²) in [5, 5.41) is 5.29. The van der Waals surface area contributed by atoms with E-state index in [0.29, 0.717) is 18.6 Å². The maximum atomic E-state index is 13.1. The molecule has 2 atom stereocenters. The highest BCUT2D eigenvalue weighted by Gasteiger charge is 2.37. The SMILES string of the molecule is CN(C)C1CCCC[C@H]1Nc1c(Nc2cc(C(F)(F)F)cc(C(F)(F)F)c2)c(=O)c1=O. The molecule has 1 fully saturated rings. The van der Waals surface area contributed by atoms with Crippen LogP contribution in [-0.2, 0) is 12.4 Å². The molecule has 1 saturated carbocycles. The lowest BCUT2D eigenvalue weighted by Crippen LogP contribution is -2.48. The van der Waals surface area contributed by atoms with Gasteiger partial charge in [-0.05, 0) is 45.1 Å². The van der Waals surface area contributed by atoms with Gasteiger partial charge in [0.15, 0.2) is 0 Å². The summed E-state index contributed by atoms with van der Waals surface area (Å²) in [7, 11) is 3.74. The molecule has 0 bridgehead atoms. The minimum absolute atomic E-state index is 0.00379. The van der Waals surface area contributed by atoms with Crippen LogP contribution in [-0.4, -0.2) is 31.1 Å². The standard InChI is InChI=1S/C20H21F6N3O2/c1-29(2)14-6-4-3-5-13(14)28-16-15(17(30)18(16)31)27-12-8-10(19(21,22)23)7-11(9-12)20(24,25)26/h7-9,13-14,27-28H,3-6H2,1-2H3/t13-,14?/m1/s1. The largest absolute Gasteiger partial charge is 0.416 e. The van der Waals surface area contributed by atoms with Crippen molar-refractivity contribution in [3.05, 3.63) is 49.8 Å². The normalized spacial score (nSPS) is 20.3. The fraction of sp³-hybridized carbons (Fsp3) is 0.500. The number of rotatable bonds is 5. The highest BCUT2D eigenvalue weighted by atomic mass is 19.4. The molecule has 1 aliphatic carbocycles. The molecule has 0 spiro atoms. The Kier molecular flexibility index (Phi) is 6.09. The third kappa shape index (κ3) is 4.86. The van der Waals surface area contributed by atoms with Crippen LogP contribution in [0.1, 0.15) is 36.8 Å². The van der Waals surface area contributed by atoms with E-state index in [2.05, 4.69) is 10.6 Å². The fourth-order valence-corrected chi connectivity index (χ4v) is 3.90. The predicted molar refractivity (Wildman–Crippen MR) is 104 cm³/mol. The van der Waals surface area contributed by atoms with E-state index in [-0.39, 0.29) is 29.5 Å². The summed E-state index contributed by atoms with van der Waals surface area (Å²) in [6, 6.07) is 0.824. The van der Waals surface area contributed by atoms with Crippen molar-refractivity contribution in [3.63, 3.8) is 0 Å². The molecule has 0 radical (unpaired) electrons. The van der Waals surface area contributed by atoms with Crippen LogP contribution in [0.3, 0.4) is 0 Å². The van der Waals surface area contributed by atoms with E-state index in [1.54, 1.807) is 0 Å². The van der Waals surface area contributed by atoms with Gasteiger partial charge >= 0.3 is 12.4 Å². The zero-order valence-corrected chi connectivity index (χ0v) is 16.7. The molecular weight excluding hydrogens is 428 g/mol. The Morgan fingerprint density at radius 3 is 1.87 bits per heavy atom. The fourth-order valence-electron chi connectivity index (χ4n) is 3.90. The molecular formula is C20H21F6N3O2. The smallest absolute Gasteiger partial charge is 0.376 e. The van der Waals surface area contributed by atoms with Gasteiger partial charge in [0.2, 0.25) is 0 Å². The van der Waals surface area contributed by atoms with E-state index in [4.69, 9.17) is 0 Å². The van der Waals surface area contributed by atoms with Gasteiger partial charge in [0, 0.05) is 17.8 Å². The minimum atomic E-state index is -5.02. The number of benzene rings is 1. The highest BCUT2D eigenvalue weighted by molar-refractivity contribution is 5.79. The Morgan fingerprint density at radius 2 is 1.35 bits per heavy atom. The topological polar surface area (TPSA) is 61.4 Å². The Labute approximate surface area is 173 Å². The van der Waals surface area contributed by atoms with Crippen molar-refractivity contribution >= 4 is 17.1 Å². The highest BCUT2D eigenvalue weighted by Crippen LogP contribution is 2.38. The summed E-state index contributed by atoms with van der Waals surface area (Å²) in [4.78, 5) is 26.1. The van der Waals surface area contributed by atoms with Crippen molar-refractivity contribution in [2.24, 2.45) is 0 Å².